The van der Waals surface area contributed by atoms with E-state index < -0.39 is 0 Å². The number of aryl methyl sites for hydroxylation is 1. The molecule has 3 aromatic rings. The molecule has 7 heteroatoms. The maximum atomic E-state index is 12.5. The van der Waals surface area contributed by atoms with Crippen molar-refractivity contribution in [2.45, 2.75) is 0 Å². The zero-order chi connectivity index (χ0) is 18.3. The molecule has 1 N–H and O–H groups in total. The Morgan fingerprint density at radius 3 is 2.73 bits per heavy atom. The number of benzene rings is 1. The SMILES string of the molecule is Cn1c(=O)c(C#N)c(N2CC(C(=O)Nc3cccs3)C2)c2ccccc21. The normalized spacial score (nSPS) is 14.1. The van der Waals surface area contributed by atoms with Gasteiger partial charge in [0.25, 0.3) is 5.56 Å². The summed E-state index contributed by atoms with van der Waals surface area (Å²) in [5, 5.41) is 16.0. The Kier molecular flexibility index (Phi) is 3.98. The van der Waals surface area contributed by atoms with Gasteiger partial charge in [-0.25, -0.2) is 0 Å². The quantitative estimate of drug-likeness (QED) is 0.775. The van der Waals surface area contributed by atoms with Crippen LogP contribution in [-0.4, -0.2) is 23.6 Å². The van der Waals surface area contributed by atoms with Crippen LogP contribution in [-0.2, 0) is 11.8 Å². The molecule has 1 fully saturated rings. The molecule has 1 aromatic carbocycles. The van der Waals surface area contributed by atoms with E-state index in [0.717, 1.165) is 15.9 Å². The number of fused-ring (bicyclic) bond motifs is 1. The van der Waals surface area contributed by atoms with Gasteiger partial charge in [0.15, 0.2) is 0 Å². The summed E-state index contributed by atoms with van der Waals surface area (Å²) in [5.74, 6) is -0.193. The van der Waals surface area contributed by atoms with Crippen molar-refractivity contribution < 1.29 is 4.79 Å². The Balaban J connectivity index is 1.65. The van der Waals surface area contributed by atoms with Crippen LogP contribution in [0, 0.1) is 17.2 Å². The van der Waals surface area contributed by atoms with E-state index in [9.17, 15) is 14.9 Å². The fourth-order valence-corrected chi connectivity index (χ4v) is 3.93. The van der Waals surface area contributed by atoms with Crippen molar-refractivity contribution in [2.75, 3.05) is 23.3 Å². The van der Waals surface area contributed by atoms with Crippen molar-refractivity contribution >= 4 is 38.8 Å². The number of aromatic nitrogens is 1. The molecule has 0 unspecified atom stereocenters. The first-order valence-corrected chi connectivity index (χ1v) is 9.09. The minimum absolute atomic E-state index is 0.0321. The van der Waals surface area contributed by atoms with Crippen molar-refractivity contribution in [1.82, 2.24) is 4.57 Å². The van der Waals surface area contributed by atoms with Crippen molar-refractivity contribution in [3.05, 3.63) is 57.7 Å². The molecule has 0 saturated carbocycles. The Bertz CT molecular complexity index is 1090. The van der Waals surface area contributed by atoms with Gasteiger partial charge in [0.2, 0.25) is 5.91 Å². The first-order valence-electron chi connectivity index (χ1n) is 8.21. The lowest BCUT2D eigenvalue weighted by molar-refractivity contribution is -0.120. The Morgan fingerprint density at radius 1 is 1.27 bits per heavy atom. The van der Waals surface area contributed by atoms with Crippen molar-refractivity contribution in [2.24, 2.45) is 13.0 Å². The molecule has 0 radical (unpaired) electrons. The average molecular weight is 364 g/mol. The number of nitrogens with one attached hydrogen (secondary N) is 1. The van der Waals surface area contributed by atoms with Gasteiger partial charge in [-0.3, -0.25) is 9.59 Å². The number of hydrogen-bond donors (Lipinski definition) is 1. The number of carbonyl (C=O) groups excluding carboxylic acids is 1. The van der Waals surface area contributed by atoms with E-state index in [-0.39, 0.29) is 22.9 Å². The molecular weight excluding hydrogens is 348 g/mol. The monoisotopic (exact) mass is 364 g/mol. The van der Waals surface area contributed by atoms with Crippen molar-refractivity contribution in [3.63, 3.8) is 0 Å². The zero-order valence-corrected chi connectivity index (χ0v) is 14.9. The van der Waals surface area contributed by atoms with Gasteiger partial charge in [-0.2, -0.15) is 5.26 Å². The summed E-state index contributed by atoms with van der Waals surface area (Å²) in [6.07, 6.45) is 0. The number of rotatable bonds is 3. The van der Waals surface area contributed by atoms with Gasteiger partial charge in [0, 0.05) is 25.5 Å². The summed E-state index contributed by atoms with van der Waals surface area (Å²) in [6.45, 7) is 0.978. The van der Waals surface area contributed by atoms with Crippen LogP contribution in [0.2, 0.25) is 0 Å². The number of carbonyl (C=O) groups is 1. The number of nitriles is 1. The summed E-state index contributed by atoms with van der Waals surface area (Å²) >= 11 is 1.48. The van der Waals surface area contributed by atoms with Crippen LogP contribution >= 0.6 is 11.3 Å². The van der Waals surface area contributed by atoms with Crippen LogP contribution in [0.4, 0.5) is 10.7 Å². The molecule has 1 amide bonds. The number of amides is 1. The van der Waals surface area contributed by atoms with Gasteiger partial charge in [0.05, 0.1) is 22.1 Å². The van der Waals surface area contributed by atoms with Crippen molar-refractivity contribution in [1.29, 1.82) is 5.26 Å². The molecule has 0 spiro atoms. The van der Waals surface area contributed by atoms with Gasteiger partial charge in [-0.1, -0.05) is 18.2 Å². The summed E-state index contributed by atoms with van der Waals surface area (Å²) in [4.78, 5) is 26.8. The molecule has 1 saturated heterocycles. The Hall–Kier alpha value is -3.11. The van der Waals surface area contributed by atoms with Crippen LogP contribution in [0.1, 0.15) is 5.56 Å². The molecule has 4 rings (SSSR count). The largest absolute Gasteiger partial charge is 0.368 e. The molecule has 1 aliphatic rings. The average Bonchev–Trinajstić information content (AvgIpc) is 3.11. The van der Waals surface area contributed by atoms with Crippen molar-refractivity contribution in [3.8, 4) is 6.07 Å². The van der Waals surface area contributed by atoms with Gasteiger partial charge in [-0.15, -0.1) is 11.3 Å². The van der Waals surface area contributed by atoms with Gasteiger partial charge >= 0.3 is 0 Å². The van der Waals surface area contributed by atoms with Gasteiger partial charge in [0.1, 0.15) is 11.6 Å². The molecule has 0 atom stereocenters. The lowest BCUT2D eigenvalue weighted by atomic mass is 9.95. The van der Waals surface area contributed by atoms with E-state index in [2.05, 4.69) is 11.4 Å². The summed E-state index contributed by atoms with van der Waals surface area (Å²) in [5.41, 5.74) is 1.22. The third-order valence-electron chi connectivity index (χ3n) is 4.72. The van der Waals surface area contributed by atoms with Crippen LogP contribution in [0.15, 0.2) is 46.6 Å². The fourth-order valence-electron chi connectivity index (χ4n) is 3.31. The minimum atomic E-state index is -0.312. The standard InChI is InChI=1S/C19H16N4O2S/c1-22-15-6-3-2-5-13(15)17(14(9-20)19(22)25)23-10-12(11-23)18(24)21-16-7-4-8-26-16/h2-8,12H,10-11H2,1H3,(H,21,24). The molecule has 1 aliphatic heterocycles. The minimum Gasteiger partial charge on any atom is -0.368 e. The highest BCUT2D eigenvalue weighted by Crippen LogP contribution is 2.33. The number of thiophene rings is 1. The van der Waals surface area contributed by atoms with E-state index in [4.69, 9.17) is 0 Å². The number of hydrogen-bond acceptors (Lipinski definition) is 5. The predicted molar refractivity (Wildman–Crippen MR) is 103 cm³/mol. The van der Waals surface area contributed by atoms with E-state index >= 15 is 0 Å². The summed E-state index contributed by atoms with van der Waals surface area (Å²) < 4.78 is 1.50. The van der Waals surface area contributed by atoms with E-state index in [1.54, 1.807) is 7.05 Å². The summed E-state index contributed by atoms with van der Waals surface area (Å²) in [6, 6.07) is 13.3. The van der Waals surface area contributed by atoms with Gasteiger partial charge < -0.3 is 14.8 Å². The van der Waals surface area contributed by atoms with E-state index in [0.29, 0.717) is 18.8 Å². The Morgan fingerprint density at radius 2 is 2.04 bits per heavy atom. The lowest BCUT2D eigenvalue weighted by Crippen LogP contribution is -2.53. The molecule has 26 heavy (non-hydrogen) atoms. The third-order valence-corrected chi connectivity index (χ3v) is 5.51. The maximum Gasteiger partial charge on any atom is 0.270 e. The third kappa shape index (κ3) is 2.55. The smallest absolute Gasteiger partial charge is 0.270 e. The number of para-hydroxylation sites is 1. The van der Waals surface area contributed by atoms with Crippen LogP contribution in [0.5, 0.6) is 0 Å². The maximum absolute atomic E-state index is 12.5. The molecular formula is C19H16N4O2S. The van der Waals surface area contributed by atoms with Crippen LogP contribution in [0.25, 0.3) is 10.9 Å². The van der Waals surface area contributed by atoms with E-state index in [1.165, 1.54) is 15.9 Å². The first kappa shape index (κ1) is 16.4. The first-order chi connectivity index (χ1) is 12.6. The van der Waals surface area contributed by atoms with Gasteiger partial charge in [-0.05, 0) is 23.6 Å². The molecule has 0 bridgehead atoms. The van der Waals surface area contributed by atoms with E-state index in [1.807, 2.05) is 46.7 Å². The number of nitrogens with zero attached hydrogens (tertiary/aromatic N) is 3. The second-order valence-electron chi connectivity index (χ2n) is 6.29. The lowest BCUT2D eigenvalue weighted by Gasteiger charge is -2.40. The topological polar surface area (TPSA) is 78.1 Å². The fraction of sp³-hybridized carbons (Fsp3) is 0.211. The number of anilines is 2. The van der Waals surface area contributed by atoms with Crippen LogP contribution in [0.3, 0.4) is 0 Å². The second kappa shape index (κ2) is 6.32. The highest BCUT2D eigenvalue weighted by atomic mass is 32.1. The molecule has 130 valence electrons. The Labute approximate surface area is 153 Å². The predicted octanol–water partition coefficient (Wildman–Crippen LogP) is 2.55. The highest BCUT2D eigenvalue weighted by molar-refractivity contribution is 7.14. The highest BCUT2D eigenvalue weighted by Gasteiger charge is 2.35. The second-order valence-corrected chi connectivity index (χ2v) is 7.23. The molecule has 6 nitrogen and oxygen atoms in total. The number of pyridine rings is 1. The van der Waals surface area contributed by atoms with Crippen LogP contribution < -0.4 is 15.8 Å². The zero-order valence-electron chi connectivity index (χ0n) is 14.1. The molecule has 2 aromatic heterocycles. The molecule has 3 heterocycles. The molecule has 0 aliphatic carbocycles. The summed E-state index contributed by atoms with van der Waals surface area (Å²) in [7, 11) is 1.67.